The lowest BCUT2D eigenvalue weighted by Crippen LogP contribution is -2.24. The van der Waals surface area contributed by atoms with Gasteiger partial charge in [0.2, 0.25) is 0 Å². The Hall–Kier alpha value is -4.72. The molecule has 1 amide bonds. The second-order valence-electron chi connectivity index (χ2n) is 7.35. The molecule has 0 aromatic heterocycles. The predicted molar refractivity (Wildman–Crippen MR) is 130 cm³/mol. The second-order valence-corrected chi connectivity index (χ2v) is 7.35. The van der Waals surface area contributed by atoms with Crippen LogP contribution in [0.25, 0.3) is 10.8 Å². The molecule has 0 saturated carbocycles. The van der Waals surface area contributed by atoms with E-state index in [1.807, 2.05) is 30.3 Å². The quantitative estimate of drug-likeness (QED) is 0.173. The molecule has 1 N–H and O–H groups in total. The van der Waals surface area contributed by atoms with Crippen LogP contribution in [0.5, 0.6) is 17.2 Å². The van der Waals surface area contributed by atoms with E-state index in [2.05, 4.69) is 10.5 Å². The summed E-state index contributed by atoms with van der Waals surface area (Å²) in [6.45, 7) is -0.308. The number of halogens is 1. The van der Waals surface area contributed by atoms with Gasteiger partial charge in [-0.1, -0.05) is 30.3 Å². The molecule has 0 aliphatic rings. The van der Waals surface area contributed by atoms with Crippen LogP contribution in [-0.4, -0.2) is 31.8 Å². The van der Waals surface area contributed by atoms with Gasteiger partial charge in [0.25, 0.3) is 5.91 Å². The molecule has 4 rings (SSSR count). The van der Waals surface area contributed by atoms with Crippen LogP contribution in [-0.2, 0) is 4.79 Å². The molecule has 176 valence electrons. The number of carbonyl (C=O) groups is 2. The van der Waals surface area contributed by atoms with E-state index >= 15 is 0 Å². The average molecular weight is 472 g/mol. The average Bonchev–Trinajstić information content (AvgIpc) is 2.89. The zero-order valence-corrected chi connectivity index (χ0v) is 18.7. The molecule has 0 spiro atoms. The summed E-state index contributed by atoms with van der Waals surface area (Å²) in [7, 11) is 1.54. The Morgan fingerprint density at radius 1 is 0.914 bits per heavy atom. The molecular weight excluding hydrogens is 451 g/mol. The number of rotatable bonds is 8. The number of hydrazone groups is 1. The molecule has 8 heteroatoms. The standard InChI is InChI=1S/C27H21FN2O5/c1-33-21-11-6-19(7-12-21)27(32)35-25-15-8-18-4-2-3-5-23(18)24(25)16-29-30-26(31)17-34-22-13-9-20(28)10-14-22/h2-16H,17H2,1H3,(H,30,31). The van der Waals surface area contributed by atoms with Crippen molar-refractivity contribution in [2.75, 3.05) is 13.7 Å². The van der Waals surface area contributed by atoms with Gasteiger partial charge in [0, 0.05) is 5.56 Å². The second kappa shape index (κ2) is 10.9. The lowest BCUT2D eigenvalue weighted by molar-refractivity contribution is -0.123. The van der Waals surface area contributed by atoms with Crippen molar-refractivity contribution in [3.05, 3.63) is 102 Å². The van der Waals surface area contributed by atoms with Gasteiger partial charge >= 0.3 is 5.97 Å². The van der Waals surface area contributed by atoms with Crippen molar-refractivity contribution in [1.29, 1.82) is 0 Å². The SMILES string of the molecule is COc1ccc(C(=O)Oc2ccc3ccccc3c2C=NNC(=O)COc2ccc(F)cc2)cc1. The zero-order valence-electron chi connectivity index (χ0n) is 18.7. The van der Waals surface area contributed by atoms with Gasteiger partial charge in [0.05, 0.1) is 18.9 Å². The molecule has 7 nitrogen and oxygen atoms in total. The number of ether oxygens (including phenoxy) is 3. The number of benzene rings is 4. The Kier molecular flexibility index (Phi) is 7.32. The molecule has 4 aromatic rings. The molecule has 35 heavy (non-hydrogen) atoms. The Bertz CT molecular complexity index is 1370. The number of carbonyl (C=O) groups excluding carboxylic acids is 2. The van der Waals surface area contributed by atoms with Gasteiger partial charge in [-0.3, -0.25) is 4.79 Å². The van der Waals surface area contributed by atoms with Crippen molar-refractivity contribution in [3.8, 4) is 17.2 Å². The molecule has 0 radical (unpaired) electrons. The van der Waals surface area contributed by atoms with Crippen LogP contribution in [0.3, 0.4) is 0 Å². The largest absolute Gasteiger partial charge is 0.497 e. The van der Waals surface area contributed by atoms with Crippen molar-refractivity contribution in [2.24, 2.45) is 5.10 Å². The van der Waals surface area contributed by atoms with Gasteiger partial charge in [0.15, 0.2) is 6.61 Å². The highest BCUT2D eigenvalue weighted by Crippen LogP contribution is 2.27. The first-order valence-corrected chi connectivity index (χ1v) is 10.6. The van der Waals surface area contributed by atoms with Crippen molar-refractivity contribution < 1.29 is 28.2 Å². The number of nitrogens with one attached hydrogen (secondary N) is 1. The smallest absolute Gasteiger partial charge is 0.343 e. The molecule has 0 aliphatic heterocycles. The van der Waals surface area contributed by atoms with Gasteiger partial charge in [-0.05, 0) is 65.4 Å². The first-order chi connectivity index (χ1) is 17.0. The zero-order chi connectivity index (χ0) is 24.6. The van der Waals surface area contributed by atoms with Gasteiger partial charge in [0.1, 0.15) is 23.1 Å². The monoisotopic (exact) mass is 472 g/mol. The van der Waals surface area contributed by atoms with Crippen LogP contribution in [0, 0.1) is 5.82 Å². The summed E-state index contributed by atoms with van der Waals surface area (Å²) in [6, 6.07) is 22.9. The number of hydrogen-bond donors (Lipinski definition) is 1. The fourth-order valence-electron chi connectivity index (χ4n) is 3.26. The van der Waals surface area contributed by atoms with E-state index < -0.39 is 17.7 Å². The molecule has 0 heterocycles. The maximum atomic E-state index is 13.0. The normalized spacial score (nSPS) is 10.8. The first-order valence-electron chi connectivity index (χ1n) is 10.6. The number of methoxy groups -OCH3 is 1. The summed E-state index contributed by atoms with van der Waals surface area (Å²) in [5, 5.41) is 5.70. The fraction of sp³-hybridized carbons (Fsp3) is 0.0741. The third kappa shape index (κ3) is 6.00. The lowest BCUT2D eigenvalue weighted by atomic mass is 10.0. The summed E-state index contributed by atoms with van der Waals surface area (Å²) >= 11 is 0. The summed E-state index contributed by atoms with van der Waals surface area (Å²) in [5.41, 5.74) is 3.25. The number of esters is 1. The number of fused-ring (bicyclic) bond motifs is 1. The van der Waals surface area contributed by atoms with Crippen molar-refractivity contribution in [2.45, 2.75) is 0 Å². The Morgan fingerprint density at radius 2 is 1.63 bits per heavy atom. The Morgan fingerprint density at radius 3 is 2.37 bits per heavy atom. The number of amides is 1. The van der Waals surface area contributed by atoms with Crippen LogP contribution >= 0.6 is 0 Å². The summed E-state index contributed by atoms with van der Waals surface area (Å²) in [5.74, 6) is -0.196. The highest BCUT2D eigenvalue weighted by molar-refractivity contribution is 6.04. The van der Waals surface area contributed by atoms with Gasteiger partial charge < -0.3 is 14.2 Å². The summed E-state index contributed by atoms with van der Waals surface area (Å²) in [6.07, 6.45) is 1.41. The fourth-order valence-corrected chi connectivity index (χ4v) is 3.26. The topological polar surface area (TPSA) is 86.2 Å². The number of nitrogens with zero attached hydrogens (tertiary/aromatic N) is 1. The highest BCUT2D eigenvalue weighted by Gasteiger charge is 2.14. The van der Waals surface area contributed by atoms with E-state index in [9.17, 15) is 14.0 Å². The van der Waals surface area contributed by atoms with Gasteiger partial charge in [-0.25, -0.2) is 14.6 Å². The molecular formula is C27H21FN2O5. The minimum absolute atomic E-state index is 0.282. The Balaban J connectivity index is 1.49. The van der Waals surface area contributed by atoms with Crippen molar-refractivity contribution in [1.82, 2.24) is 5.43 Å². The van der Waals surface area contributed by atoms with Crippen LogP contribution in [0.1, 0.15) is 15.9 Å². The molecule has 0 unspecified atom stereocenters. The van der Waals surface area contributed by atoms with E-state index in [0.29, 0.717) is 22.6 Å². The maximum Gasteiger partial charge on any atom is 0.343 e. The van der Waals surface area contributed by atoms with E-state index in [0.717, 1.165) is 10.8 Å². The predicted octanol–water partition coefficient (Wildman–Crippen LogP) is 4.74. The van der Waals surface area contributed by atoms with Crippen LogP contribution < -0.4 is 19.6 Å². The third-order valence-electron chi connectivity index (χ3n) is 5.03. The highest BCUT2D eigenvalue weighted by atomic mass is 19.1. The molecule has 0 bridgehead atoms. The van der Waals surface area contributed by atoms with Crippen LogP contribution in [0.2, 0.25) is 0 Å². The Labute approximate surface area is 200 Å². The van der Waals surface area contributed by atoms with E-state index in [-0.39, 0.29) is 12.4 Å². The molecule has 4 aromatic carbocycles. The summed E-state index contributed by atoms with van der Waals surface area (Å²) in [4.78, 5) is 24.8. The van der Waals surface area contributed by atoms with E-state index in [1.54, 1.807) is 37.4 Å². The van der Waals surface area contributed by atoms with E-state index in [4.69, 9.17) is 14.2 Å². The molecule has 0 saturated heterocycles. The van der Waals surface area contributed by atoms with Crippen molar-refractivity contribution >= 4 is 28.9 Å². The molecule has 0 atom stereocenters. The summed E-state index contributed by atoms with van der Waals surface area (Å²) < 4.78 is 29.0. The first kappa shape index (κ1) is 23.4. The number of hydrogen-bond acceptors (Lipinski definition) is 6. The van der Waals surface area contributed by atoms with E-state index in [1.165, 1.54) is 30.5 Å². The van der Waals surface area contributed by atoms with Gasteiger partial charge in [-0.15, -0.1) is 0 Å². The molecule has 0 aliphatic carbocycles. The molecule has 0 fully saturated rings. The van der Waals surface area contributed by atoms with Gasteiger partial charge in [-0.2, -0.15) is 5.10 Å². The third-order valence-corrected chi connectivity index (χ3v) is 5.03. The minimum Gasteiger partial charge on any atom is -0.497 e. The minimum atomic E-state index is -0.547. The van der Waals surface area contributed by atoms with Crippen LogP contribution in [0.4, 0.5) is 4.39 Å². The van der Waals surface area contributed by atoms with Crippen LogP contribution in [0.15, 0.2) is 90.0 Å². The van der Waals surface area contributed by atoms with Crippen molar-refractivity contribution in [3.63, 3.8) is 0 Å². The maximum absolute atomic E-state index is 13.0. The lowest BCUT2D eigenvalue weighted by Gasteiger charge is -2.11.